The summed E-state index contributed by atoms with van der Waals surface area (Å²) in [7, 11) is -0.589. The van der Waals surface area contributed by atoms with Crippen molar-refractivity contribution in [2.45, 2.75) is 81.2 Å². The molecule has 0 spiro atoms. The van der Waals surface area contributed by atoms with Crippen LogP contribution >= 0.6 is 15.8 Å². The summed E-state index contributed by atoms with van der Waals surface area (Å²) in [5, 5.41) is 5.11. The van der Waals surface area contributed by atoms with E-state index in [-0.39, 0.29) is 7.92 Å². The van der Waals surface area contributed by atoms with Gasteiger partial charge < -0.3 is 5.32 Å². The lowest BCUT2D eigenvalue weighted by Gasteiger charge is -2.31. The quantitative estimate of drug-likeness (QED) is 0.159. The summed E-state index contributed by atoms with van der Waals surface area (Å²) in [6.07, 6.45) is 5.82. The summed E-state index contributed by atoms with van der Waals surface area (Å²) in [6.45, 7) is 34.8. The minimum atomic E-state index is -0.402. The molecule has 0 bridgehead atoms. The predicted molar refractivity (Wildman–Crippen MR) is 146 cm³/mol. The Morgan fingerprint density at radius 3 is 2.13 bits per heavy atom. The molecule has 1 N–H and O–H groups in total. The molecule has 0 fully saturated rings. The van der Waals surface area contributed by atoms with Crippen molar-refractivity contribution in [1.29, 1.82) is 0 Å². The molecule has 0 saturated carbocycles. The Bertz CT molecular complexity index is 613. The Morgan fingerprint density at radius 1 is 1.07 bits per heavy atom. The molecule has 174 valence electrons. The van der Waals surface area contributed by atoms with Crippen LogP contribution in [0.3, 0.4) is 0 Å². The van der Waals surface area contributed by atoms with Crippen molar-refractivity contribution in [3.8, 4) is 0 Å². The van der Waals surface area contributed by atoms with Crippen molar-refractivity contribution in [3.05, 3.63) is 35.6 Å². The molecule has 0 aliphatic rings. The van der Waals surface area contributed by atoms with Crippen LogP contribution in [0.25, 0.3) is 0 Å². The molecular formula is C26H50N2P2. The molecule has 4 heteroatoms. The van der Waals surface area contributed by atoms with Gasteiger partial charge in [-0.15, -0.1) is 0 Å². The summed E-state index contributed by atoms with van der Waals surface area (Å²) in [5.74, 6) is 1.41. The smallest absolute Gasteiger partial charge is 0.0560 e. The maximum absolute atomic E-state index is 4.74. The molecule has 0 aliphatic carbocycles. The van der Waals surface area contributed by atoms with Crippen LogP contribution in [0.5, 0.6) is 0 Å². The summed E-state index contributed by atoms with van der Waals surface area (Å²) in [5.41, 5.74) is 3.64. The lowest BCUT2D eigenvalue weighted by molar-refractivity contribution is 0.256. The molecule has 0 aromatic rings. The number of rotatable bonds is 14. The average Bonchev–Trinajstić information content (AvgIpc) is 2.58. The van der Waals surface area contributed by atoms with Gasteiger partial charge in [0.2, 0.25) is 0 Å². The van der Waals surface area contributed by atoms with Gasteiger partial charge in [0.1, 0.15) is 0 Å². The molecule has 0 aromatic heterocycles. The van der Waals surface area contributed by atoms with Crippen LogP contribution in [-0.4, -0.2) is 37.5 Å². The van der Waals surface area contributed by atoms with Gasteiger partial charge in [-0.05, 0) is 103 Å². The fraction of sp³-hybridized carbons (Fsp3) is 0.731. The van der Waals surface area contributed by atoms with E-state index in [1.165, 1.54) is 35.1 Å². The van der Waals surface area contributed by atoms with Gasteiger partial charge in [0, 0.05) is 11.5 Å². The van der Waals surface area contributed by atoms with Crippen molar-refractivity contribution >= 4 is 21.3 Å². The highest BCUT2D eigenvalue weighted by atomic mass is 31.2. The number of allylic oxidation sites excluding steroid dienone is 2. The van der Waals surface area contributed by atoms with Crippen LogP contribution in [0, 0.1) is 17.3 Å². The number of nitrogens with one attached hydrogen (secondary N) is 1. The zero-order chi connectivity index (χ0) is 23.6. The van der Waals surface area contributed by atoms with Gasteiger partial charge in [-0.3, -0.25) is 4.99 Å². The molecule has 0 saturated heterocycles. The summed E-state index contributed by atoms with van der Waals surface area (Å²) in [6, 6.07) is 0.589. The van der Waals surface area contributed by atoms with Crippen molar-refractivity contribution in [3.63, 3.8) is 0 Å². The summed E-state index contributed by atoms with van der Waals surface area (Å²) >= 11 is 0. The Morgan fingerprint density at radius 2 is 1.63 bits per heavy atom. The number of aliphatic imine (C=N–C) groups is 1. The highest BCUT2D eigenvalue weighted by Crippen LogP contribution is 2.59. The molecule has 0 aliphatic heterocycles. The molecule has 0 radical (unpaired) electrons. The van der Waals surface area contributed by atoms with Crippen LogP contribution in [0.15, 0.2) is 40.6 Å². The van der Waals surface area contributed by atoms with Gasteiger partial charge in [-0.1, -0.05) is 61.3 Å². The standard InChI is InChI=1S/C26H50N2P2/c1-19(2)16-22(6)28-24(8)30(13)25(9)29(12)18-21(5)17-26(10,11)14-15-27-23(7)20(3)4/h16,20-21,23,27H,6,9,14-15,17-18H2,1-5,7-8,10-13H3/b28-24+. The molecule has 2 nitrogen and oxygen atoms in total. The third-order valence-electron chi connectivity index (χ3n) is 5.83. The first-order chi connectivity index (χ1) is 13.7. The van der Waals surface area contributed by atoms with Gasteiger partial charge in [0.15, 0.2) is 0 Å². The van der Waals surface area contributed by atoms with Crippen molar-refractivity contribution in [2.75, 3.05) is 26.0 Å². The lowest BCUT2D eigenvalue weighted by atomic mass is 9.81. The molecular weight excluding hydrogens is 402 g/mol. The Kier molecular flexibility index (Phi) is 13.8. The van der Waals surface area contributed by atoms with E-state index < -0.39 is 7.92 Å². The van der Waals surface area contributed by atoms with E-state index in [2.05, 4.69) is 94.1 Å². The second-order valence-electron chi connectivity index (χ2n) is 10.4. The second kappa shape index (κ2) is 14.0. The highest BCUT2D eigenvalue weighted by Gasteiger charge is 2.24. The third kappa shape index (κ3) is 12.5. The number of nitrogens with zero attached hydrogens (tertiary/aromatic N) is 1. The third-order valence-corrected chi connectivity index (χ3v) is 11.7. The maximum atomic E-state index is 4.74. The van der Waals surface area contributed by atoms with Gasteiger partial charge >= 0.3 is 0 Å². The fourth-order valence-electron chi connectivity index (χ4n) is 3.65. The van der Waals surface area contributed by atoms with E-state index in [9.17, 15) is 0 Å². The second-order valence-corrected chi connectivity index (χ2v) is 15.4. The Balaban J connectivity index is 4.70. The maximum Gasteiger partial charge on any atom is 0.0560 e. The SMILES string of the molecule is C=C(C=C(C)C)/N=C(\C)P(C)C(=C)P(C)CC(C)CC(C)(C)CCNC(C)C(C)C. The van der Waals surface area contributed by atoms with E-state index in [0.29, 0.717) is 17.4 Å². The first kappa shape index (κ1) is 29.7. The van der Waals surface area contributed by atoms with Crippen molar-refractivity contribution in [1.82, 2.24) is 5.32 Å². The van der Waals surface area contributed by atoms with Crippen LogP contribution in [0.4, 0.5) is 0 Å². The molecule has 0 amide bonds. The average molecular weight is 453 g/mol. The highest BCUT2D eigenvalue weighted by molar-refractivity contribution is 7.90. The monoisotopic (exact) mass is 452 g/mol. The number of hydrogen-bond donors (Lipinski definition) is 1. The van der Waals surface area contributed by atoms with Gasteiger partial charge in [0.25, 0.3) is 0 Å². The van der Waals surface area contributed by atoms with Gasteiger partial charge in [-0.2, -0.15) is 0 Å². The Hall–Kier alpha value is -0.290. The minimum absolute atomic E-state index is 0.187. The van der Waals surface area contributed by atoms with E-state index in [1.807, 2.05) is 6.08 Å². The summed E-state index contributed by atoms with van der Waals surface area (Å²) < 4.78 is 0. The van der Waals surface area contributed by atoms with Crippen molar-refractivity contribution in [2.24, 2.45) is 22.2 Å². The topological polar surface area (TPSA) is 24.4 Å². The first-order valence-corrected chi connectivity index (χ1v) is 15.2. The molecule has 0 rings (SSSR count). The lowest BCUT2D eigenvalue weighted by Crippen LogP contribution is -2.34. The van der Waals surface area contributed by atoms with E-state index >= 15 is 0 Å². The molecule has 0 aromatic carbocycles. The molecule has 4 unspecified atom stereocenters. The Labute approximate surface area is 191 Å². The first-order valence-electron chi connectivity index (χ1n) is 11.4. The van der Waals surface area contributed by atoms with E-state index in [0.717, 1.165) is 18.2 Å². The molecule has 30 heavy (non-hydrogen) atoms. The molecule has 4 atom stereocenters. The van der Waals surface area contributed by atoms with E-state index in [1.54, 1.807) is 0 Å². The predicted octanol–water partition coefficient (Wildman–Crippen LogP) is 8.66. The van der Waals surface area contributed by atoms with Gasteiger partial charge in [0.05, 0.1) is 5.70 Å². The van der Waals surface area contributed by atoms with Crippen LogP contribution < -0.4 is 5.32 Å². The zero-order valence-corrected chi connectivity index (χ0v) is 23.7. The van der Waals surface area contributed by atoms with Crippen LogP contribution in [0.1, 0.15) is 75.2 Å². The summed E-state index contributed by atoms with van der Waals surface area (Å²) in [4.78, 5) is 4.74. The minimum Gasteiger partial charge on any atom is -0.314 e. The molecule has 0 heterocycles. The normalized spacial score (nSPS) is 16.7. The van der Waals surface area contributed by atoms with Crippen LogP contribution in [-0.2, 0) is 0 Å². The number of hydrogen-bond acceptors (Lipinski definition) is 2. The zero-order valence-electron chi connectivity index (χ0n) is 21.9. The fourth-order valence-corrected chi connectivity index (χ4v) is 8.30. The van der Waals surface area contributed by atoms with E-state index in [4.69, 9.17) is 4.99 Å². The van der Waals surface area contributed by atoms with Gasteiger partial charge in [-0.25, -0.2) is 0 Å². The largest absolute Gasteiger partial charge is 0.314 e. The van der Waals surface area contributed by atoms with Crippen LogP contribution in [0.2, 0.25) is 0 Å². The van der Waals surface area contributed by atoms with Crippen molar-refractivity contribution < 1.29 is 0 Å².